The van der Waals surface area contributed by atoms with E-state index >= 15 is 0 Å². The highest BCUT2D eigenvalue weighted by Gasteiger charge is 2.17. The van der Waals surface area contributed by atoms with Gasteiger partial charge in [0, 0.05) is 12.8 Å². The van der Waals surface area contributed by atoms with Crippen molar-refractivity contribution in [1.29, 1.82) is 0 Å². The van der Waals surface area contributed by atoms with Crippen LogP contribution in [0, 0.1) is 5.92 Å². The van der Waals surface area contributed by atoms with Crippen molar-refractivity contribution >= 4 is 5.82 Å². The Hall–Kier alpha value is -1.09. The fourth-order valence-electron chi connectivity index (χ4n) is 1.90. The molecule has 0 saturated heterocycles. The third-order valence-corrected chi connectivity index (χ3v) is 2.75. The first-order valence-electron chi connectivity index (χ1n) is 5.48. The van der Waals surface area contributed by atoms with Crippen LogP contribution in [-0.2, 0) is 0 Å². The van der Waals surface area contributed by atoms with Gasteiger partial charge in [0.15, 0.2) is 0 Å². The fraction of sp³-hybridized carbons (Fsp3) is 0.583. The summed E-state index contributed by atoms with van der Waals surface area (Å²) in [5.74, 6) is 1.53. The van der Waals surface area contributed by atoms with E-state index in [2.05, 4.69) is 18.8 Å². The van der Waals surface area contributed by atoms with E-state index in [0.717, 1.165) is 18.4 Å². The van der Waals surface area contributed by atoms with Crippen LogP contribution < -0.4 is 5.73 Å². The maximum Gasteiger partial charge on any atom is 0.126 e. The van der Waals surface area contributed by atoms with E-state index in [1.165, 1.54) is 0 Å². The van der Waals surface area contributed by atoms with Crippen molar-refractivity contribution in [2.75, 3.05) is 12.3 Å². The van der Waals surface area contributed by atoms with Gasteiger partial charge >= 0.3 is 0 Å². The Labute approximate surface area is 91.3 Å². The van der Waals surface area contributed by atoms with Gasteiger partial charge in [-0.3, -0.25) is 0 Å². The average molecular weight is 208 g/mol. The quantitative estimate of drug-likeness (QED) is 0.779. The number of pyridine rings is 1. The molecular formula is C12H20N2O. The molecule has 0 saturated carbocycles. The third kappa shape index (κ3) is 3.20. The molecule has 3 heteroatoms. The number of rotatable bonds is 5. The Kier molecular flexibility index (Phi) is 4.56. The molecule has 0 aliphatic heterocycles. The molecule has 15 heavy (non-hydrogen) atoms. The number of aliphatic hydroxyl groups excluding tert-OH is 1. The zero-order valence-corrected chi connectivity index (χ0v) is 9.48. The molecule has 84 valence electrons. The summed E-state index contributed by atoms with van der Waals surface area (Å²) >= 11 is 0. The molecule has 3 nitrogen and oxygen atoms in total. The molecule has 0 amide bonds. The predicted octanol–water partition coefficient (Wildman–Crippen LogP) is 2.18. The van der Waals surface area contributed by atoms with Crippen LogP contribution in [0.15, 0.2) is 18.3 Å². The summed E-state index contributed by atoms with van der Waals surface area (Å²) in [5, 5.41) is 8.87. The second-order valence-electron chi connectivity index (χ2n) is 4.19. The van der Waals surface area contributed by atoms with E-state index in [1.54, 1.807) is 6.20 Å². The summed E-state index contributed by atoms with van der Waals surface area (Å²) < 4.78 is 0. The molecule has 0 aromatic carbocycles. The number of nitrogen functional groups attached to an aromatic ring is 1. The number of hydrogen-bond acceptors (Lipinski definition) is 3. The lowest BCUT2D eigenvalue weighted by molar-refractivity contribution is 0.273. The highest BCUT2D eigenvalue weighted by Crippen LogP contribution is 2.31. The molecule has 1 unspecified atom stereocenters. The van der Waals surface area contributed by atoms with Gasteiger partial charge in [0.05, 0.1) is 0 Å². The third-order valence-electron chi connectivity index (χ3n) is 2.75. The Balaban J connectivity index is 2.84. The zero-order valence-electron chi connectivity index (χ0n) is 9.48. The molecule has 0 aliphatic carbocycles. The van der Waals surface area contributed by atoms with E-state index in [4.69, 9.17) is 10.8 Å². The molecule has 0 fully saturated rings. The molecule has 0 radical (unpaired) electrons. The van der Waals surface area contributed by atoms with Crippen molar-refractivity contribution < 1.29 is 5.11 Å². The molecular weight excluding hydrogens is 188 g/mol. The second-order valence-corrected chi connectivity index (χ2v) is 4.19. The minimum Gasteiger partial charge on any atom is -0.396 e. The molecule has 1 heterocycles. The van der Waals surface area contributed by atoms with Gasteiger partial charge in [-0.05, 0) is 36.3 Å². The minimum atomic E-state index is 0.239. The smallest absolute Gasteiger partial charge is 0.126 e. The van der Waals surface area contributed by atoms with Crippen LogP contribution in [0.5, 0.6) is 0 Å². The summed E-state index contributed by atoms with van der Waals surface area (Å²) in [4.78, 5) is 4.11. The molecule has 3 N–H and O–H groups in total. The van der Waals surface area contributed by atoms with E-state index in [1.807, 2.05) is 12.1 Å². The molecule has 1 aromatic rings. The topological polar surface area (TPSA) is 59.1 Å². The summed E-state index contributed by atoms with van der Waals surface area (Å²) in [6.07, 6.45) is 3.49. The minimum absolute atomic E-state index is 0.239. The number of aliphatic hydroxyl groups is 1. The molecule has 1 aromatic heterocycles. The zero-order chi connectivity index (χ0) is 11.3. The lowest BCUT2D eigenvalue weighted by atomic mass is 9.85. The summed E-state index contributed by atoms with van der Waals surface area (Å²) in [6.45, 7) is 4.59. The highest BCUT2D eigenvalue weighted by atomic mass is 16.2. The molecule has 0 bridgehead atoms. The van der Waals surface area contributed by atoms with Crippen molar-refractivity contribution in [2.24, 2.45) is 5.92 Å². The van der Waals surface area contributed by atoms with Gasteiger partial charge in [-0.15, -0.1) is 0 Å². The Bertz CT molecular complexity index is 299. The van der Waals surface area contributed by atoms with E-state index in [-0.39, 0.29) is 6.61 Å². The lowest BCUT2D eigenvalue weighted by Gasteiger charge is -2.21. The van der Waals surface area contributed by atoms with Crippen LogP contribution in [0.4, 0.5) is 5.82 Å². The van der Waals surface area contributed by atoms with Crippen LogP contribution >= 0.6 is 0 Å². The number of anilines is 1. The van der Waals surface area contributed by atoms with Gasteiger partial charge in [-0.1, -0.05) is 19.9 Å². The predicted molar refractivity (Wildman–Crippen MR) is 62.5 cm³/mol. The van der Waals surface area contributed by atoms with Crippen molar-refractivity contribution in [1.82, 2.24) is 4.98 Å². The highest BCUT2D eigenvalue weighted by molar-refractivity contribution is 5.41. The van der Waals surface area contributed by atoms with Gasteiger partial charge in [0.1, 0.15) is 5.82 Å². The summed E-state index contributed by atoms with van der Waals surface area (Å²) in [5.41, 5.74) is 6.97. The number of nitrogens with zero attached hydrogens (tertiary/aromatic N) is 1. The largest absolute Gasteiger partial charge is 0.396 e. The molecule has 1 atom stereocenters. The molecule has 0 aliphatic rings. The van der Waals surface area contributed by atoms with Crippen molar-refractivity contribution in [2.45, 2.75) is 32.6 Å². The van der Waals surface area contributed by atoms with Crippen LogP contribution in [0.1, 0.15) is 38.2 Å². The first-order chi connectivity index (χ1) is 7.16. The maximum atomic E-state index is 8.87. The SMILES string of the molecule is CC(C)C(CCCO)c1cccnc1N. The van der Waals surface area contributed by atoms with E-state index in [0.29, 0.717) is 17.7 Å². The lowest BCUT2D eigenvalue weighted by Crippen LogP contribution is -2.11. The van der Waals surface area contributed by atoms with Crippen LogP contribution in [0.2, 0.25) is 0 Å². The summed E-state index contributed by atoms with van der Waals surface area (Å²) in [6, 6.07) is 3.95. The first-order valence-corrected chi connectivity index (χ1v) is 5.48. The fourth-order valence-corrected chi connectivity index (χ4v) is 1.90. The number of aromatic nitrogens is 1. The Morgan fingerprint density at radius 2 is 2.20 bits per heavy atom. The summed E-state index contributed by atoms with van der Waals surface area (Å²) in [7, 11) is 0. The maximum absolute atomic E-state index is 8.87. The first kappa shape index (κ1) is 12.0. The van der Waals surface area contributed by atoms with Gasteiger partial charge in [-0.25, -0.2) is 4.98 Å². The van der Waals surface area contributed by atoms with Gasteiger partial charge < -0.3 is 10.8 Å². The number of nitrogens with two attached hydrogens (primary N) is 1. The van der Waals surface area contributed by atoms with Crippen molar-refractivity contribution in [3.05, 3.63) is 23.9 Å². The Morgan fingerprint density at radius 1 is 1.47 bits per heavy atom. The van der Waals surface area contributed by atoms with Gasteiger partial charge in [0.25, 0.3) is 0 Å². The standard InChI is InChI=1S/C12H20N2O/c1-9(2)10(6-4-8-15)11-5-3-7-14-12(11)13/h3,5,7,9-10,15H,4,6,8H2,1-2H3,(H2,13,14). The molecule has 0 spiro atoms. The van der Waals surface area contributed by atoms with Crippen LogP contribution in [0.3, 0.4) is 0 Å². The van der Waals surface area contributed by atoms with Crippen molar-refractivity contribution in [3.63, 3.8) is 0 Å². The van der Waals surface area contributed by atoms with Gasteiger partial charge in [0.2, 0.25) is 0 Å². The van der Waals surface area contributed by atoms with Crippen LogP contribution in [-0.4, -0.2) is 16.7 Å². The van der Waals surface area contributed by atoms with E-state index in [9.17, 15) is 0 Å². The second kappa shape index (κ2) is 5.71. The molecule has 1 rings (SSSR count). The Morgan fingerprint density at radius 3 is 2.73 bits per heavy atom. The normalized spacial score (nSPS) is 13.1. The van der Waals surface area contributed by atoms with Gasteiger partial charge in [-0.2, -0.15) is 0 Å². The average Bonchev–Trinajstić information content (AvgIpc) is 2.20. The van der Waals surface area contributed by atoms with Crippen molar-refractivity contribution in [3.8, 4) is 0 Å². The van der Waals surface area contributed by atoms with Crippen LogP contribution in [0.25, 0.3) is 0 Å². The monoisotopic (exact) mass is 208 g/mol. The number of hydrogen-bond donors (Lipinski definition) is 2. The van der Waals surface area contributed by atoms with E-state index < -0.39 is 0 Å².